The number of aromatic nitrogens is 2. The number of hydrogen-bond acceptors (Lipinski definition) is 4. The van der Waals surface area contributed by atoms with Crippen molar-refractivity contribution in [2.75, 3.05) is 51.7 Å². The maximum atomic E-state index is 6.78. The molecule has 2 aromatic carbocycles. The van der Waals surface area contributed by atoms with Gasteiger partial charge in [0.05, 0.1) is 10.7 Å². The Kier molecular flexibility index (Phi) is 6.01. The fourth-order valence-corrected chi connectivity index (χ4v) is 5.82. The molecule has 0 atom stereocenters. The largest absolute Gasteiger partial charge is 0.374 e. The molecule has 180 valence electrons. The summed E-state index contributed by atoms with van der Waals surface area (Å²) in [4.78, 5) is 15.6. The first-order valence-electron chi connectivity index (χ1n) is 12.6. The van der Waals surface area contributed by atoms with Crippen LogP contribution in [0.25, 0.3) is 33.4 Å². The van der Waals surface area contributed by atoms with Crippen LogP contribution in [0.4, 0.5) is 5.69 Å². The summed E-state index contributed by atoms with van der Waals surface area (Å²) in [6.07, 6.45) is 4.12. The highest BCUT2D eigenvalue weighted by molar-refractivity contribution is 6.36. The van der Waals surface area contributed by atoms with E-state index in [-0.39, 0.29) is 0 Å². The van der Waals surface area contributed by atoms with Crippen molar-refractivity contribution in [1.29, 1.82) is 0 Å². The minimum absolute atomic E-state index is 0.729. The monoisotopic (exact) mass is 485 g/mol. The molecule has 0 aliphatic carbocycles. The van der Waals surface area contributed by atoms with E-state index >= 15 is 0 Å². The van der Waals surface area contributed by atoms with E-state index in [0.717, 1.165) is 73.0 Å². The lowest BCUT2D eigenvalue weighted by Crippen LogP contribution is -2.43. The molecule has 0 saturated carbocycles. The maximum absolute atomic E-state index is 6.78. The van der Waals surface area contributed by atoms with Gasteiger partial charge in [0.1, 0.15) is 5.65 Å². The Labute approximate surface area is 212 Å². The van der Waals surface area contributed by atoms with Gasteiger partial charge in [-0.2, -0.15) is 0 Å². The maximum Gasteiger partial charge on any atom is 0.139 e. The number of fused-ring (bicyclic) bond motifs is 2. The van der Waals surface area contributed by atoms with Gasteiger partial charge in [0, 0.05) is 69.2 Å². The summed E-state index contributed by atoms with van der Waals surface area (Å²) in [5, 5.41) is 1.72. The van der Waals surface area contributed by atoms with E-state index in [1.807, 2.05) is 6.07 Å². The quantitative estimate of drug-likeness (QED) is 0.403. The van der Waals surface area contributed by atoms with E-state index in [4.69, 9.17) is 11.6 Å². The molecule has 0 spiro atoms. The van der Waals surface area contributed by atoms with Crippen molar-refractivity contribution in [3.05, 3.63) is 70.9 Å². The van der Waals surface area contributed by atoms with Crippen LogP contribution in [0.5, 0.6) is 0 Å². The normalized spacial score (nSPS) is 17.2. The van der Waals surface area contributed by atoms with E-state index in [2.05, 4.69) is 81.2 Å². The summed E-state index contributed by atoms with van der Waals surface area (Å²) in [5.74, 6) is 0. The average molecular weight is 486 g/mol. The van der Waals surface area contributed by atoms with Crippen molar-refractivity contribution in [1.82, 2.24) is 19.8 Å². The molecule has 0 unspecified atom stereocenters. The number of pyridine rings is 1. The van der Waals surface area contributed by atoms with Crippen LogP contribution in [0.15, 0.2) is 54.7 Å². The van der Waals surface area contributed by atoms with Crippen molar-refractivity contribution in [3.8, 4) is 22.4 Å². The summed E-state index contributed by atoms with van der Waals surface area (Å²) in [6, 6.07) is 17.7. The topological polar surface area (TPSA) is 38.4 Å². The molecule has 5 nitrogen and oxygen atoms in total. The van der Waals surface area contributed by atoms with Crippen LogP contribution in [0.3, 0.4) is 0 Å². The lowest BCUT2D eigenvalue weighted by Gasteiger charge is -2.32. The molecule has 4 aromatic rings. The van der Waals surface area contributed by atoms with E-state index < -0.39 is 0 Å². The number of aromatic amines is 1. The van der Waals surface area contributed by atoms with Gasteiger partial charge in [0.25, 0.3) is 0 Å². The fourth-order valence-electron chi connectivity index (χ4n) is 5.58. The molecule has 6 heteroatoms. The minimum atomic E-state index is 0.729. The molecular formula is C29H32ClN5. The number of nitrogens with zero attached hydrogens (tertiary/aromatic N) is 4. The van der Waals surface area contributed by atoms with Gasteiger partial charge in [0.15, 0.2) is 0 Å². The summed E-state index contributed by atoms with van der Waals surface area (Å²) < 4.78 is 0. The van der Waals surface area contributed by atoms with Gasteiger partial charge in [0.2, 0.25) is 0 Å². The Hall–Kier alpha value is -2.86. The number of benzene rings is 2. The second-order valence-corrected chi connectivity index (χ2v) is 10.4. The zero-order chi connectivity index (χ0) is 23.9. The first-order chi connectivity index (χ1) is 17.1. The predicted octanol–water partition coefficient (Wildman–Crippen LogP) is 5.68. The predicted molar refractivity (Wildman–Crippen MR) is 146 cm³/mol. The summed E-state index contributed by atoms with van der Waals surface area (Å²) >= 11 is 6.78. The van der Waals surface area contributed by atoms with E-state index in [0.29, 0.717) is 0 Å². The van der Waals surface area contributed by atoms with Gasteiger partial charge in [-0.25, -0.2) is 4.98 Å². The number of H-pyrrole nitrogens is 1. The number of piperazine rings is 1. The molecule has 1 fully saturated rings. The number of nitrogens with one attached hydrogen (secondary N) is 1. The number of hydrogen-bond donors (Lipinski definition) is 1. The SMILES string of the molecule is CN1CCN(Cc2cccc(-c3[nH]c4nccc(Cl)c4c3-c3ccc4c(c3)N(C)CCC4)c2)CC1. The van der Waals surface area contributed by atoms with Crippen LogP contribution in [0, 0.1) is 0 Å². The molecule has 35 heavy (non-hydrogen) atoms. The minimum Gasteiger partial charge on any atom is -0.374 e. The highest BCUT2D eigenvalue weighted by Crippen LogP contribution is 2.42. The third kappa shape index (κ3) is 4.33. The van der Waals surface area contributed by atoms with Crippen LogP contribution in [0.2, 0.25) is 5.02 Å². The van der Waals surface area contributed by atoms with Crippen molar-refractivity contribution in [2.24, 2.45) is 0 Å². The molecule has 1 N–H and O–H groups in total. The highest BCUT2D eigenvalue weighted by atomic mass is 35.5. The molecule has 0 amide bonds. The average Bonchev–Trinajstić information content (AvgIpc) is 3.27. The van der Waals surface area contributed by atoms with E-state index in [9.17, 15) is 0 Å². The molecule has 6 rings (SSSR count). The third-order valence-electron chi connectivity index (χ3n) is 7.59. The Morgan fingerprint density at radius 1 is 0.943 bits per heavy atom. The Morgan fingerprint density at radius 3 is 2.66 bits per heavy atom. The van der Waals surface area contributed by atoms with Crippen LogP contribution in [0.1, 0.15) is 17.5 Å². The molecule has 1 saturated heterocycles. The lowest BCUT2D eigenvalue weighted by atomic mass is 9.94. The van der Waals surface area contributed by atoms with E-state index in [1.165, 1.54) is 34.4 Å². The molecule has 2 aliphatic rings. The molecular weight excluding hydrogens is 454 g/mol. The van der Waals surface area contributed by atoms with Crippen LogP contribution in [-0.4, -0.2) is 66.6 Å². The summed E-state index contributed by atoms with van der Waals surface area (Å²) in [6.45, 7) is 6.54. The zero-order valence-electron chi connectivity index (χ0n) is 20.5. The number of rotatable bonds is 4. The number of halogens is 1. The van der Waals surface area contributed by atoms with Gasteiger partial charge in [-0.15, -0.1) is 0 Å². The Bertz CT molecular complexity index is 1370. The molecule has 0 bridgehead atoms. The Morgan fingerprint density at radius 2 is 1.80 bits per heavy atom. The van der Waals surface area contributed by atoms with Crippen molar-refractivity contribution < 1.29 is 0 Å². The second kappa shape index (κ2) is 9.30. The first-order valence-corrected chi connectivity index (χ1v) is 13.0. The van der Waals surface area contributed by atoms with E-state index in [1.54, 1.807) is 6.20 Å². The number of likely N-dealkylation sites (N-methyl/N-ethyl adjacent to an activating group) is 1. The number of anilines is 1. The van der Waals surface area contributed by atoms with Crippen LogP contribution < -0.4 is 4.90 Å². The smallest absolute Gasteiger partial charge is 0.139 e. The van der Waals surface area contributed by atoms with Gasteiger partial charge < -0.3 is 14.8 Å². The summed E-state index contributed by atoms with van der Waals surface area (Å²) in [7, 11) is 4.39. The van der Waals surface area contributed by atoms with Gasteiger partial charge in [-0.05, 0) is 60.3 Å². The Balaban J connectivity index is 1.45. The molecule has 2 aromatic heterocycles. The number of aryl methyl sites for hydroxylation is 1. The molecule has 0 radical (unpaired) electrons. The van der Waals surface area contributed by atoms with Crippen molar-refractivity contribution in [3.63, 3.8) is 0 Å². The summed E-state index contributed by atoms with van der Waals surface area (Å²) in [5.41, 5.74) is 9.47. The highest BCUT2D eigenvalue weighted by Gasteiger charge is 2.22. The van der Waals surface area contributed by atoms with Gasteiger partial charge >= 0.3 is 0 Å². The zero-order valence-corrected chi connectivity index (χ0v) is 21.3. The van der Waals surface area contributed by atoms with Crippen LogP contribution >= 0.6 is 11.6 Å². The fraction of sp³-hybridized carbons (Fsp3) is 0.345. The molecule has 4 heterocycles. The lowest BCUT2D eigenvalue weighted by molar-refractivity contribution is 0.148. The van der Waals surface area contributed by atoms with Crippen molar-refractivity contribution in [2.45, 2.75) is 19.4 Å². The molecule has 2 aliphatic heterocycles. The standard InChI is InChI=1S/C29H32ClN5/c1-33-13-15-35(16-14-33)19-20-5-3-6-23(17-20)28-26(27-24(30)10-11-31-29(27)32-28)22-9-8-21-7-4-12-34(2)25(21)18-22/h3,5-6,8-11,17-18H,4,7,12-16,19H2,1-2H3,(H,31,32). The van der Waals surface area contributed by atoms with Gasteiger partial charge in [-0.3, -0.25) is 4.90 Å². The van der Waals surface area contributed by atoms with Crippen molar-refractivity contribution >= 4 is 28.3 Å². The van der Waals surface area contributed by atoms with Gasteiger partial charge in [-0.1, -0.05) is 41.9 Å². The first kappa shape index (κ1) is 22.6. The second-order valence-electron chi connectivity index (χ2n) is 10.0. The van der Waals surface area contributed by atoms with Crippen LogP contribution in [-0.2, 0) is 13.0 Å². The third-order valence-corrected chi connectivity index (χ3v) is 7.90.